The molecule has 0 fully saturated rings. The number of rotatable bonds is 4. The van der Waals surface area contributed by atoms with Crippen LogP contribution in [0.3, 0.4) is 0 Å². The Morgan fingerprint density at radius 3 is 2.84 bits per heavy atom. The summed E-state index contributed by atoms with van der Waals surface area (Å²) in [5, 5.41) is 9.11. The highest BCUT2D eigenvalue weighted by atomic mass is 16.5. The van der Waals surface area contributed by atoms with Crippen molar-refractivity contribution in [2.45, 2.75) is 26.7 Å². The molecule has 0 spiro atoms. The molecule has 0 saturated carbocycles. The van der Waals surface area contributed by atoms with Crippen LogP contribution in [0.5, 0.6) is 5.88 Å². The fraction of sp³-hybridized carbons (Fsp3) is 0.467. The van der Waals surface area contributed by atoms with Gasteiger partial charge in [0.05, 0.1) is 6.61 Å². The van der Waals surface area contributed by atoms with Crippen molar-refractivity contribution in [3.8, 4) is 5.88 Å². The molecule has 2 unspecified atom stereocenters. The number of aromatic nitrogens is 1. The Kier molecular flexibility index (Phi) is 4.20. The molecular formula is C15H19NO3. The molecule has 0 bridgehead atoms. The molecule has 1 N–H and O–H groups in total. The third-order valence-corrected chi connectivity index (χ3v) is 3.58. The number of nitrogens with zero attached hydrogens (tertiary/aromatic N) is 1. The molecule has 4 nitrogen and oxygen atoms in total. The summed E-state index contributed by atoms with van der Waals surface area (Å²) in [5.74, 6) is 0.213. The van der Waals surface area contributed by atoms with E-state index in [2.05, 4.69) is 24.1 Å². The molecule has 1 aromatic heterocycles. The summed E-state index contributed by atoms with van der Waals surface area (Å²) in [4.78, 5) is 15.3. The van der Waals surface area contributed by atoms with Crippen LogP contribution in [0.2, 0.25) is 0 Å². The maximum atomic E-state index is 11.1. The number of aryl methyl sites for hydroxylation is 1. The average Bonchev–Trinajstić information content (AvgIpc) is 2.37. The van der Waals surface area contributed by atoms with Crippen molar-refractivity contribution < 1.29 is 14.6 Å². The molecule has 0 radical (unpaired) electrons. The second-order valence-corrected chi connectivity index (χ2v) is 5.10. The van der Waals surface area contributed by atoms with Gasteiger partial charge >= 0.3 is 5.97 Å². The minimum absolute atomic E-state index is 0.129. The summed E-state index contributed by atoms with van der Waals surface area (Å²) in [6.45, 7) is 4.53. The first-order valence-electron chi connectivity index (χ1n) is 6.56. The number of pyridine rings is 1. The van der Waals surface area contributed by atoms with E-state index in [9.17, 15) is 4.79 Å². The van der Waals surface area contributed by atoms with Crippen LogP contribution in [0.15, 0.2) is 24.3 Å². The Morgan fingerprint density at radius 1 is 1.42 bits per heavy atom. The zero-order chi connectivity index (χ0) is 13.8. The molecule has 0 aliphatic heterocycles. The molecule has 2 rings (SSSR count). The summed E-state index contributed by atoms with van der Waals surface area (Å²) in [7, 11) is 0. The van der Waals surface area contributed by atoms with Crippen LogP contribution in [0, 0.1) is 18.8 Å². The van der Waals surface area contributed by atoms with Crippen molar-refractivity contribution in [2.24, 2.45) is 11.8 Å². The molecule has 1 aliphatic carbocycles. The van der Waals surface area contributed by atoms with Gasteiger partial charge in [-0.15, -0.1) is 0 Å². The number of carboxylic acid groups (broad SMARTS) is 1. The molecule has 0 saturated heterocycles. The predicted octanol–water partition coefficient (Wildman–Crippen LogP) is 3.07. The van der Waals surface area contributed by atoms with Gasteiger partial charge in [0.1, 0.15) is 5.56 Å². The Hall–Kier alpha value is -1.84. The van der Waals surface area contributed by atoms with Crippen LogP contribution < -0.4 is 4.74 Å². The summed E-state index contributed by atoms with van der Waals surface area (Å²) < 4.78 is 5.66. The Bertz CT molecular complexity index is 496. The minimum atomic E-state index is -1.00. The third kappa shape index (κ3) is 3.34. The molecule has 4 heteroatoms. The highest BCUT2D eigenvalue weighted by Crippen LogP contribution is 2.26. The standard InChI is InChI=1S/C15H19NO3/c1-10-5-3-4-6-12(10)9-19-14-13(15(17)18)8-7-11(2)16-14/h3-4,7-8,10,12H,5-6,9H2,1-2H3,(H,17,18). The third-order valence-electron chi connectivity index (χ3n) is 3.58. The fourth-order valence-electron chi connectivity index (χ4n) is 2.23. The highest BCUT2D eigenvalue weighted by Gasteiger charge is 2.20. The van der Waals surface area contributed by atoms with Gasteiger partial charge in [-0.3, -0.25) is 0 Å². The second kappa shape index (κ2) is 5.87. The molecule has 1 aliphatic rings. The van der Waals surface area contributed by atoms with Gasteiger partial charge in [-0.2, -0.15) is 0 Å². The van der Waals surface area contributed by atoms with Crippen molar-refractivity contribution in [2.75, 3.05) is 6.61 Å². The van der Waals surface area contributed by atoms with E-state index in [1.54, 1.807) is 12.1 Å². The van der Waals surface area contributed by atoms with Crippen molar-refractivity contribution in [1.29, 1.82) is 0 Å². The maximum absolute atomic E-state index is 11.1. The van der Waals surface area contributed by atoms with Crippen molar-refractivity contribution in [3.05, 3.63) is 35.5 Å². The molecule has 1 aromatic rings. The van der Waals surface area contributed by atoms with E-state index in [4.69, 9.17) is 9.84 Å². The van der Waals surface area contributed by atoms with Gasteiger partial charge in [-0.25, -0.2) is 9.78 Å². The predicted molar refractivity (Wildman–Crippen MR) is 72.5 cm³/mol. The van der Waals surface area contributed by atoms with E-state index < -0.39 is 5.97 Å². The lowest BCUT2D eigenvalue weighted by Crippen LogP contribution is -2.22. The van der Waals surface area contributed by atoms with Gasteiger partial charge in [0.25, 0.3) is 0 Å². The van der Waals surface area contributed by atoms with Gasteiger partial charge in [-0.05, 0) is 43.7 Å². The van der Waals surface area contributed by atoms with E-state index in [1.165, 1.54) is 0 Å². The Morgan fingerprint density at radius 2 is 2.16 bits per heavy atom. The molecule has 0 amide bonds. The number of hydrogen-bond acceptors (Lipinski definition) is 3. The Balaban J connectivity index is 2.08. The summed E-state index contributed by atoms with van der Waals surface area (Å²) in [5.41, 5.74) is 0.890. The van der Waals surface area contributed by atoms with Crippen LogP contribution in [0.1, 0.15) is 35.8 Å². The number of carboxylic acids is 1. The van der Waals surface area contributed by atoms with Gasteiger partial charge < -0.3 is 9.84 Å². The maximum Gasteiger partial charge on any atom is 0.341 e. The molecule has 1 heterocycles. The first kappa shape index (κ1) is 13.6. The Labute approximate surface area is 113 Å². The number of hydrogen-bond donors (Lipinski definition) is 1. The number of aromatic carboxylic acids is 1. The van der Waals surface area contributed by atoms with E-state index in [0.29, 0.717) is 18.4 Å². The van der Waals surface area contributed by atoms with Crippen molar-refractivity contribution in [1.82, 2.24) is 4.98 Å². The lowest BCUT2D eigenvalue weighted by atomic mass is 9.85. The lowest BCUT2D eigenvalue weighted by Gasteiger charge is -2.25. The first-order valence-corrected chi connectivity index (χ1v) is 6.56. The normalized spacial score (nSPS) is 22.2. The van der Waals surface area contributed by atoms with Crippen LogP contribution in [-0.4, -0.2) is 22.7 Å². The molecular weight excluding hydrogens is 242 g/mol. The van der Waals surface area contributed by atoms with Gasteiger partial charge in [0.2, 0.25) is 5.88 Å². The summed E-state index contributed by atoms with van der Waals surface area (Å²) >= 11 is 0. The molecule has 19 heavy (non-hydrogen) atoms. The van der Waals surface area contributed by atoms with Crippen molar-refractivity contribution in [3.63, 3.8) is 0 Å². The van der Waals surface area contributed by atoms with Crippen LogP contribution in [-0.2, 0) is 0 Å². The van der Waals surface area contributed by atoms with E-state index in [0.717, 1.165) is 18.5 Å². The summed E-state index contributed by atoms with van der Waals surface area (Å²) in [6.07, 6.45) is 6.39. The SMILES string of the molecule is Cc1ccc(C(=O)O)c(OCC2CC=CCC2C)n1. The molecule has 2 atom stereocenters. The second-order valence-electron chi connectivity index (χ2n) is 5.10. The fourth-order valence-corrected chi connectivity index (χ4v) is 2.23. The van der Waals surface area contributed by atoms with Crippen LogP contribution in [0.25, 0.3) is 0 Å². The number of carbonyl (C=O) groups is 1. The largest absolute Gasteiger partial charge is 0.477 e. The van der Waals surface area contributed by atoms with Crippen LogP contribution >= 0.6 is 0 Å². The average molecular weight is 261 g/mol. The van der Waals surface area contributed by atoms with E-state index in [1.807, 2.05) is 6.92 Å². The molecule has 0 aromatic carbocycles. The monoisotopic (exact) mass is 261 g/mol. The molecule has 102 valence electrons. The van der Waals surface area contributed by atoms with Gasteiger partial charge in [0.15, 0.2) is 0 Å². The minimum Gasteiger partial charge on any atom is -0.477 e. The van der Waals surface area contributed by atoms with Crippen LogP contribution in [0.4, 0.5) is 0 Å². The van der Waals surface area contributed by atoms with Gasteiger partial charge in [-0.1, -0.05) is 19.1 Å². The number of ether oxygens (including phenoxy) is 1. The number of allylic oxidation sites excluding steroid dienone is 2. The van der Waals surface area contributed by atoms with E-state index in [-0.39, 0.29) is 11.4 Å². The lowest BCUT2D eigenvalue weighted by molar-refractivity contribution is 0.0689. The smallest absolute Gasteiger partial charge is 0.341 e. The first-order chi connectivity index (χ1) is 9.08. The quantitative estimate of drug-likeness (QED) is 0.846. The van der Waals surface area contributed by atoms with Gasteiger partial charge in [0, 0.05) is 5.69 Å². The zero-order valence-corrected chi connectivity index (χ0v) is 11.3. The topological polar surface area (TPSA) is 59.4 Å². The summed E-state index contributed by atoms with van der Waals surface area (Å²) in [6, 6.07) is 3.23. The highest BCUT2D eigenvalue weighted by molar-refractivity contribution is 5.90. The van der Waals surface area contributed by atoms with Crippen molar-refractivity contribution >= 4 is 5.97 Å². The zero-order valence-electron chi connectivity index (χ0n) is 11.3. The van der Waals surface area contributed by atoms with E-state index >= 15 is 0 Å².